The molecular weight excluding hydrogens is 310 g/mol. The summed E-state index contributed by atoms with van der Waals surface area (Å²) in [7, 11) is -1.06. The third-order valence-electron chi connectivity index (χ3n) is 2.91. The number of sulfonamides is 1. The molecule has 8 nitrogen and oxygen atoms in total. The summed E-state index contributed by atoms with van der Waals surface area (Å²) < 4.78 is 37.1. The summed E-state index contributed by atoms with van der Waals surface area (Å²) in [6, 6.07) is 0. The molecule has 1 atom stereocenters. The molecule has 1 aromatic heterocycles. The number of hydrogen-bond acceptors (Lipinski definition) is 6. The van der Waals surface area contributed by atoms with Gasteiger partial charge in [-0.05, 0) is 0 Å². The lowest BCUT2D eigenvalue weighted by atomic mass is 10.3. The van der Waals surface area contributed by atoms with Crippen LogP contribution in [0, 0.1) is 0 Å². The summed E-state index contributed by atoms with van der Waals surface area (Å²) in [6.45, 7) is 0.105. The van der Waals surface area contributed by atoms with Crippen LogP contribution in [-0.4, -0.2) is 61.2 Å². The third kappa shape index (κ3) is 2.66. The molecule has 0 radical (unpaired) electrons. The van der Waals surface area contributed by atoms with Crippen molar-refractivity contribution in [1.82, 2.24) is 13.9 Å². The summed E-state index contributed by atoms with van der Waals surface area (Å²) in [5, 5.41) is -0.210. The van der Waals surface area contributed by atoms with E-state index in [1.807, 2.05) is 0 Å². The van der Waals surface area contributed by atoms with Crippen molar-refractivity contribution < 1.29 is 22.7 Å². The monoisotopic (exact) mass is 323 g/mol. The second-order valence-electron chi connectivity index (χ2n) is 4.20. The minimum Gasteiger partial charge on any atom is -0.467 e. The van der Waals surface area contributed by atoms with E-state index in [-0.39, 0.29) is 29.9 Å². The first-order valence-corrected chi connectivity index (χ1v) is 7.56. The number of methoxy groups -OCH3 is 1. The first kappa shape index (κ1) is 15.2. The number of morpholine rings is 1. The molecule has 1 aliphatic heterocycles. The summed E-state index contributed by atoms with van der Waals surface area (Å²) in [4.78, 5) is 15.2. The minimum atomic E-state index is -3.86. The number of carbonyl (C=O) groups excluding carboxylic acids is 1. The Morgan fingerprint density at radius 1 is 1.60 bits per heavy atom. The Bertz CT molecular complexity index is 614. The standard InChI is InChI=1S/C10H14ClN3O5S/c1-13-6-12-9(8(13)11)20(16,17)14-3-4-19-7(5-14)10(15)18-2/h6-7H,3-5H2,1-2H3. The topological polar surface area (TPSA) is 90.7 Å². The molecule has 0 aromatic carbocycles. The van der Waals surface area contributed by atoms with E-state index in [1.54, 1.807) is 7.05 Å². The van der Waals surface area contributed by atoms with Gasteiger partial charge >= 0.3 is 5.97 Å². The molecule has 1 saturated heterocycles. The van der Waals surface area contributed by atoms with Crippen LogP contribution < -0.4 is 0 Å². The molecule has 1 aliphatic rings. The van der Waals surface area contributed by atoms with Crippen LogP contribution >= 0.6 is 11.6 Å². The Labute approximate surface area is 121 Å². The Kier molecular flexibility index (Phi) is 4.33. The van der Waals surface area contributed by atoms with Gasteiger partial charge < -0.3 is 14.0 Å². The normalized spacial score (nSPS) is 20.9. The maximum absolute atomic E-state index is 12.4. The molecule has 112 valence electrons. The van der Waals surface area contributed by atoms with E-state index in [0.717, 1.165) is 4.31 Å². The van der Waals surface area contributed by atoms with E-state index in [1.165, 1.54) is 18.0 Å². The lowest BCUT2D eigenvalue weighted by molar-refractivity contribution is -0.157. The van der Waals surface area contributed by atoms with Crippen LogP contribution in [-0.2, 0) is 31.3 Å². The van der Waals surface area contributed by atoms with Gasteiger partial charge in [-0.3, -0.25) is 0 Å². The van der Waals surface area contributed by atoms with E-state index in [0.29, 0.717) is 0 Å². The van der Waals surface area contributed by atoms with Crippen LogP contribution in [0.15, 0.2) is 11.4 Å². The van der Waals surface area contributed by atoms with E-state index in [4.69, 9.17) is 16.3 Å². The van der Waals surface area contributed by atoms with Crippen LogP contribution in [0.3, 0.4) is 0 Å². The fraction of sp³-hybridized carbons (Fsp3) is 0.600. The summed E-state index contributed by atoms with van der Waals surface area (Å²) in [5.41, 5.74) is 0. The predicted molar refractivity (Wildman–Crippen MR) is 68.7 cm³/mol. The maximum Gasteiger partial charge on any atom is 0.336 e. The van der Waals surface area contributed by atoms with Gasteiger partial charge in [0.15, 0.2) is 6.10 Å². The van der Waals surface area contributed by atoms with Crippen molar-refractivity contribution in [2.75, 3.05) is 26.8 Å². The largest absolute Gasteiger partial charge is 0.467 e. The van der Waals surface area contributed by atoms with Gasteiger partial charge in [-0.15, -0.1) is 0 Å². The number of imidazole rings is 1. The number of aromatic nitrogens is 2. The fourth-order valence-electron chi connectivity index (χ4n) is 1.81. The Balaban J connectivity index is 2.26. The predicted octanol–water partition coefficient (Wildman–Crippen LogP) is -0.364. The van der Waals surface area contributed by atoms with Gasteiger partial charge in [0.25, 0.3) is 10.0 Å². The second-order valence-corrected chi connectivity index (χ2v) is 6.41. The number of aryl methyl sites for hydroxylation is 1. The molecule has 1 unspecified atom stereocenters. The van der Waals surface area contributed by atoms with E-state index < -0.39 is 22.1 Å². The second kappa shape index (κ2) is 5.68. The molecule has 10 heteroatoms. The highest BCUT2D eigenvalue weighted by Crippen LogP contribution is 2.24. The molecule has 0 saturated carbocycles. The van der Waals surface area contributed by atoms with Gasteiger partial charge in [-0.25, -0.2) is 18.2 Å². The molecule has 0 spiro atoms. The van der Waals surface area contributed by atoms with Crippen LogP contribution in [0.2, 0.25) is 5.15 Å². The molecule has 0 bridgehead atoms. The van der Waals surface area contributed by atoms with Crippen molar-refractivity contribution in [3.8, 4) is 0 Å². The Hall–Kier alpha value is -1.16. The molecule has 0 N–H and O–H groups in total. The molecule has 0 aliphatic carbocycles. The first-order valence-electron chi connectivity index (χ1n) is 5.74. The maximum atomic E-state index is 12.4. The number of hydrogen-bond donors (Lipinski definition) is 0. The number of halogens is 1. The summed E-state index contributed by atoms with van der Waals surface area (Å²) in [6.07, 6.45) is 0.374. The lowest BCUT2D eigenvalue weighted by Crippen LogP contribution is -2.48. The van der Waals surface area contributed by atoms with Crippen LogP contribution in [0.4, 0.5) is 0 Å². The molecule has 2 rings (SSSR count). The smallest absolute Gasteiger partial charge is 0.336 e. The SMILES string of the molecule is COC(=O)C1CN(S(=O)(=O)c2ncn(C)c2Cl)CCO1. The number of carbonyl (C=O) groups is 1. The fourth-order valence-corrected chi connectivity index (χ4v) is 3.62. The van der Waals surface area contributed by atoms with Crippen LogP contribution in [0.1, 0.15) is 0 Å². The molecule has 1 fully saturated rings. The zero-order valence-corrected chi connectivity index (χ0v) is 12.5. The molecule has 0 amide bonds. The van der Waals surface area contributed by atoms with Gasteiger partial charge in [-0.2, -0.15) is 4.31 Å². The minimum absolute atomic E-state index is 0.0195. The van der Waals surface area contributed by atoms with Gasteiger partial charge in [0.1, 0.15) is 5.15 Å². The van der Waals surface area contributed by atoms with E-state index in [2.05, 4.69) is 9.72 Å². The van der Waals surface area contributed by atoms with E-state index >= 15 is 0 Å². The van der Waals surface area contributed by atoms with E-state index in [9.17, 15) is 13.2 Å². The van der Waals surface area contributed by atoms with Crippen molar-refractivity contribution in [3.05, 3.63) is 11.5 Å². The van der Waals surface area contributed by atoms with Crippen molar-refractivity contribution in [3.63, 3.8) is 0 Å². The third-order valence-corrected chi connectivity index (χ3v) is 5.27. The average Bonchev–Trinajstić information content (AvgIpc) is 2.79. The highest BCUT2D eigenvalue weighted by atomic mass is 35.5. The average molecular weight is 324 g/mol. The van der Waals surface area contributed by atoms with Crippen molar-refractivity contribution in [1.29, 1.82) is 0 Å². The zero-order valence-electron chi connectivity index (χ0n) is 10.9. The van der Waals surface area contributed by atoms with Crippen LogP contribution in [0.5, 0.6) is 0 Å². The highest BCUT2D eigenvalue weighted by molar-refractivity contribution is 7.89. The number of ether oxygens (including phenoxy) is 2. The lowest BCUT2D eigenvalue weighted by Gasteiger charge is -2.30. The quantitative estimate of drug-likeness (QED) is 0.705. The molecule has 1 aromatic rings. The highest BCUT2D eigenvalue weighted by Gasteiger charge is 2.37. The number of esters is 1. The Morgan fingerprint density at radius 3 is 2.85 bits per heavy atom. The van der Waals surface area contributed by atoms with Crippen molar-refractivity contribution in [2.24, 2.45) is 7.05 Å². The molecule has 20 heavy (non-hydrogen) atoms. The summed E-state index contributed by atoms with van der Waals surface area (Å²) >= 11 is 5.91. The Morgan fingerprint density at radius 2 is 2.30 bits per heavy atom. The molecular formula is C10H14ClN3O5S. The van der Waals surface area contributed by atoms with Crippen molar-refractivity contribution >= 4 is 27.6 Å². The first-order chi connectivity index (χ1) is 9.37. The van der Waals surface area contributed by atoms with Gasteiger partial charge in [0.2, 0.25) is 5.03 Å². The van der Waals surface area contributed by atoms with Gasteiger partial charge in [-0.1, -0.05) is 11.6 Å². The van der Waals surface area contributed by atoms with Gasteiger partial charge in [0.05, 0.1) is 26.6 Å². The van der Waals surface area contributed by atoms with Crippen molar-refractivity contribution in [2.45, 2.75) is 11.1 Å². The number of nitrogens with zero attached hydrogens (tertiary/aromatic N) is 3. The number of rotatable bonds is 3. The van der Waals surface area contributed by atoms with Crippen LogP contribution in [0.25, 0.3) is 0 Å². The molecule has 2 heterocycles. The summed E-state index contributed by atoms with van der Waals surface area (Å²) in [5.74, 6) is -0.614. The van der Waals surface area contributed by atoms with Gasteiger partial charge in [0, 0.05) is 13.6 Å². The zero-order chi connectivity index (χ0) is 14.9.